The second-order valence-corrected chi connectivity index (χ2v) is 3.34. The van der Waals surface area contributed by atoms with E-state index in [2.05, 4.69) is 10.5 Å². The van der Waals surface area contributed by atoms with Gasteiger partial charge in [-0.1, -0.05) is 0 Å². The monoisotopic (exact) mass is 244 g/mol. The number of hydrazone groups is 1. The van der Waals surface area contributed by atoms with Crippen molar-refractivity contribution in [1.29, 1.82) is 10.5 Å². The first-order chi connectivity index (χ1) is 8.73. The summed E-state index contributed by atoms with van der Waals surface area (Å²) in [6.07, 6.45) is 0.485. The van der Waals surface area contributed by atoms with Crippen LogP contribution in [0.4, 0.5) is 5.69 Å². The Morgan fingerprint density at radius 1 is 1.39 bits per heavy atom. The smallest absolute Gasteiger partial charge is 0.237 e. The molecule has 0 aromatic heterocycles. The summed E-state index contributed by atoms with van der Waals surface area (Å²) in [6.45, 7) is 0.0253. The van der Waals surface area contributed by atoms with Crippen LogP contribution in [0, 0.1) is 22.7 Å². The summed E-state index contributed by atoms with van der Waals surface area (Å²) < 4.78 is 5.10. The molecule has 0 radical (unpaired) electrons. The van der Waals surface area contributed by atoms with E-state index in [0.717, 1.165) is 5.56 Å². The van der Waals surface area contributed by atoms with Crippen LogP contribution in [0.1, 0.15) is 5.56 Å². The normalized spacial score (nSPS) is 8.89. The van der Waals surface area contributed by atoms with Crippen molar-refractivity contribution >= 4 is 11.4 Å². The van der Waals surface area contributed by atoms with Crippen LogP contribution in [0.15, 0.2) is 23.3 Å². The first-order valence-electron chi connectivity index (χ1n) is 5.16. The molecule has 0 fully saturated rings. The molecule has 0 heterocycles. The minimum Gasteiger partial charge on any atom is -0.497 e. The molecule has 0 amide bonds. The first-order valence-corrected chi connectivity index (χ1v) is 5.16. The Balaban J connectivity index is 2.95. The summed E-state index contributed by atoms with van der Waals surface area (Å²) in [7, 11) is 1.53. The lowest BCUT2D eigenvalue weighted by Crippen LogP contribution is -1.99. The molecule has 0 aliphatic carbocycles. The van der Waals surface area contributed by atoms with Gasteiger partial charge in [0.1, 0.15) is 17.9 Å². The molecule has 6 nitrogen and oxygen atoms in total. The number of hydrogen-bond acceptors (Lipinski definition) is 6. The number of hydrogen-bond donors (Lipinski definition) is 2. The molecule has 2 N–H and O–H groups in total. The largest absolute Gasteiger partial charge is 0.497 e. The van der Waals surface area contributed by atoms with Gasteiger partial charge >= 0.3 is 0 Å². The first kappa shape index (κ1) is 13.5. The fourth-order valence-electron chi connectivity index (χ4n) is 1.31. The molecular weight excluding hydrogens is 232 g/mol. The summed E-state index contributed by atoms with van der Waals surface area (Å²) in [5, 5.41) is 29.6. The quantitative estimate of drug-likeness (QED) is 0.595. The van der Waals surface area contributed by atoms with Gasteiger partial charge in [0.15, 0.2) is 0 Å². The van der Waals surface area contributed by atoms with Gasteiger partial charge in [0.05, 0.1) is 12.8 Å². The van der Waals surface area contributed by atoms with Crippen LogP contribution in [0.2, 0.25) is 0 Å². The summed E-state index contributed by atoms with van der Waals surface area (Å²) in [4.78, 5) is 0. The van der Waals surface area contributed by atoms with Crippen LogP contribution < -0.4 is 10.2 Å². The summed E-state index contributed by atoms with van der Waals surface area (Å²) in [5.41, 5.74) is 3.79. The van der Waals surface area contributed by atoms with E-state index in [0.29, 0.717) is 17.9 Å². The average Bonchev–Trinajstić information content (AvgIpc) is 2.40. The Bertz CT molecular complexity index is 510. The van der Waals surface area contributed by atoms with E-state index in [1.807, 2.05) is 0 Å². The maximum atomic E-state index is 8.89. The molecule has 0 saturated carbocycles. The highest BCUT2D eigenvalue weighted by Crippen LogP contribution is 2.21. The number of nitrogens with zero attached hydrogens (tertiary/aromatic N) is 3. The molecule has 1 aromatic rings. The van der Waals surface area contributed by atoms with Crippen molar-refractivity contribution < 1.29 is 9.84 Å². The Kier molecular flexibility index (Phi) is 5.17. The van der Waals surface area contributed by atoms with Crippen LogP contribution in [0.5, 0.6) is 5.75 Å². The summed E-state index contributed by atoms with van der Waals surface area (Å²) in [6, 6.07) is 8.52. The summed E-state index contributed by atoms with van der Waals surface area (Å²) in [5.74, 6) is 0.606. The van der Waals surface area contributed by atoms with Gasteiger partial charge in [-0.2, -0.15) is 15.6 Å². The highest BCUT2D eigenvalue weighted by molar-refractivity contribution is 6.10. The average molecular weight is 244 g/mol. The molecule has 0 bridgehead atoms. The zero-order valence-corrected chi connectivity index (χ0v) is 9.84. The zero-order chi connectivity index (χ0) is 13.4. The number of aliphatic hydroxyl groups is 1. The van der Waals surface area contributed by atoms with E-state index in [1.54, 1.807) is 30.3 Å². The molecule has 1 rings (SSSR count). The number of rotatable bonds is 5. The lowest BCUT2D eigenvalue weighted by Gasteiger charge is -2.07. The Labute approximate surface area is 105 Å². The third kappa shape index (κ3) is 3.78. The highest BCUT2D eigenvalue weighted by atomic mass is 16.5. The maximum absolute atomic E-state index is 8.89. The second-order valence-electron chi connectivity index (χ2n) is 3.34. The van der Waals surface area contributed by atoms with Crippen molar-refractivity contribution in [3.05, 3.63) is 23.8 Å². The molecular formula is C12H12N4O2. The van der Waals surface area contributed by atoms with E-state index in [4.69, 9.17) is 20.4 Å². The predicted molar refractivity (Wildman–Crippen MR) is 66.1 cm³/mol. The predicted octanol–water partition coefficient (Wildman–Crippen LogP) is 1.05. The zero-order valence-electron chi connectivity index (χ0n) is 9.84. The fourth-order valence-corrected chi connectivity index (χ4v) is 1.31. The molecule has 0 spiro atoms. The molecule has 6 heteroatoms. The second kappa shape index (κ2) is 6.89. The minimum absolute atomic E-state index is 0.0253. The fraction of sp³-hybridized carbons (Fsp3) is 0.250. The Morgan fingerprint density at radius 3 is 2.67 bits per heavy atom. The van der Waals surface area contributed by atoms with Crippen molar-refractivity contribution in [3.63, 3.8) is 0 Å². The molecule has 18 heavy (non-hydrogen) atoms. The molecule has 1 aromatic carbocycles. The minimum atomic E-state index is -0.262. The van der Waals surface area contributed by atoms with Gasteiger partial charge in [0, 0.05) is 12.7 Å². The number of nitrogens with one attached hydrogen (secondary N) is 1. The van der Waals surface area contributed by atoms with Gasteiger partial charge in [-0.05, 0) is 24.1 Å². The Hall–Kier alpha value is -2.57. The standard InChI is InChI=1S/C12H12N4O2/c1-18-12-5-9(2-3-17)4-10(6-12)15-16-11(7-13)8-14/h4-6,15,17H,2-3H2,1H3. The van der Waals surface area contributed by atoms with Crippen LogP contribution >= 0.6 is 0 Å². The van der Waals surface area contributed by atoms with E-state index in [1.165, 1.54) is 7.11 Å². The number of methoxy groups -OCH3 is 1. The van der Waals surface area contributed by atoms with E-state index in [9.17, 15) is 0 Å². The van der Waals surface area contributed by atoms with Crippen molar-refractivity contribution in [2.45, 2.75) is 6.42 Å². The SMILES string of the molecule is COc1cc(CCO)cc(NN=C(C#N)C#N)c1. The van der Waals surface area contributed by atoms with Gasteiger partial charge in [-0.3, -0.25) is 5.43 Å². The molecule has 92 valence electrons. The van der Waals surface area contributed by atoms with E-state index in [-0.39, 0.29) is 12.3 Å². The van der Waals surface area contributed by atoms with Crippen molar-refractivity contribution in [1.82, 2.24) is 0 Å². The lowest BCUT2D eigenvalue weighted by atomic mass is 10.1. The molecule has 0 atom stereocenters. The van der Waals surface area contributed by atoms with Crippen molar-refractivity contribution in [3.8, 4) is 17.9 Å². The number of nitriles is 2. The maximum Gasteiger partial charge on any atom is 0.237 e. The van der Waals surface area contributed by atoms with Crippen molar-refractivity contribution in [2.75, 3.05) is 19.1 Å². The van der Waals surface area contributed by atoms with Gasteiger partial charge in [0.25, 0.3) is 0 Å². The van der Waals surface area contributed by atoms with Crippen LogP contribution in [-0.2, 0) is 6.42 Å². The van der Waals surface area contributed by atoms with E-state index >= 15 is 0 Å². The number of anilines is 1. The number of aliphatic hydroxyl groups excluding tert-OH is 1. The van der Waals surface area contributed by atoms with Gasteiger partial charge < -0.3 is 9.84 Å². The topological polar surface area (TPSA) is 101 Å². The van der Waals surface area contributed by atoms with Gasteiger partial charge in [-0.25, -0.2) is 0 Å². The van der Waals surface area contributed by atoms with Gasteiger partial charge in [0.2, 0.25) is 5.71 Å². The number of benzene rings is 1. The van der Waals surface area contributed by atoms with Gasteiger partial charge in [-0.15, -0.1) is 0 Å². The van der Waals surface area contributed by atoms with Crippen molar-refractivity contribution in [2.24, 2.45) is 5.10 Å². The lowest BCUT2D eigenvalue weighted by molar-refractivity contribution is 0.299. The van der Waals surface area contributed by atoms with Crippen LogP contribution in [-0.4, -0.2) is 24.5 Å². The Morgan fingerprint density at radius 2 is 2.11 bits per heavy atom. The van der Waals surface area contributed by atoms with Crippen LogP contribution in [0.3, 0.4) is 0 Å². The summed E-state index contributed by atoms with van der Waals surface area (Å²) >= 11 is 0. The molecule has 0 saturated heterocycles. The molecule has 0 aliphatic rings. The third-order valence-corrected chi connectivity index (χ3v) is 2.11. The molecule has 0 aliphatic heterocycles. The highest BCUT2D eigenvalue weighted by Gasteiger charge is 2.01. The van der Waals surface area contributed by atoms with E-state index < -0.39 is 0 Å². The molecule has 0 unspecified atom stereocenters. The van der Waals surface area contributed by atoms with Crippen LogP contribution in [0.25, 0.3) is 0 Å². The third-order valence-electron chi connectivity index (χ3n) is 2.11. The number of ether oxygens (including phenoxy) is 1.